The van der Waals surface area contributed by atoms with Gasteiger partial charge in [0.1, 0.15) is 0 Å². The van der Waals surface area contributed by atoms with Crippen molar-refractivity contribution in [3.8, 4) is 0 Å². The summed E-state index contributed by atoms with van der Waals surface area (Å²) < 4.78 is 0. The molecule has 0 amide bonds. The van der Waals surface area contributed by atoms with Crippen molar-refractivity contribution in [2.24, 2.45) is 0 Å². The highest BCUT2D eigenvalue weighted by molar-refractivity contribution is 5.54. The lowest BCUT2D eigenvalue weighted by molar-refractivity contribution is 0.555. The smallest absolute Gasteiger partial charge is 0.0715 e. The SMILES string of the molecule is c1ccc2c(c1)CCCN2n1ccnn1. The van der Waals surface area contributed by atoms with Crippen LogP contribution in [0.3, 0.4) is 0 Å². The van der Waals surface area contributed by atoms with Crippen LogP contribution >= 0.6 is 0 Å². The molecule has 1 aromatic heterocycles. The van der Waals surface area contributed by atoms with Gasteiger partial charge in [0.15, 0.2) is 0 Å². The zero-order valence-corrected chi connectivity index (χ0v) is 8.37. The minimum absolute atomic E-state index is 1.00. The fraction of sp³-hybridized carbons (Fsp3) is 0.273. The molecule has 0 aliphatic carbocycles. The highest BCUT2D eigenvalue weighted by atomic mass is 15.7. The molecule has 4 nitrogen and oxygen atoms in total. The molecule has 0 bridgehead atoms. The first-order chi connectivity index (χ1) is 7.45. The van der Waals surface area contributed by atoms with Gasteiger partial charge in [0, 0.05) is 6.54 Å². The number of anilines is 1. The molecule has 0 fully saturated rings. The third-order valence-electron chi connectivity index (χ3n) is 2.74. The summed E-state index contributed by atoms with van der Waals surface area (Å²) in [5.74, 6) is 0. The van der Waals surface area contributed by atoms with Crippen molar-refractivity contribution < 1.29 is 0 Å². The average Bonchev–Trinajstić information content (AvgIpc) is 2.82. The Bertz CT molecular complexity index is 449. The van der Waals surface area contributed by atoms with E-state index in [2.05, 4.69) is 39.6 Å². The number of aryl methyl sites for hydroxylation is 1. The summed E-state index contributed by atoms with van der Waals surface area (Å²) in [6, 6.07) is 8.46. The summed E-state index contributed by atoms with van der Waals surface area (Å²) in [6.07, 6.45) is 5.90. The molecule has 15 heavy (non-hydrogen) atoms. The van der Waals surface area contributed by atoms with Gasteiger partial charge >= 0.3 is 0 Å². The molecule has 0 saturated heterocycles. The van der Waals surface area contributed by atoms with Gasteiger partial charge in [-0.2, -0.15) is 4.79 Å². The lowest BCUT2D eigenvalue weighted by Gasteiger charge is -2.29. The summed E-state index contributed by atoms with van der Waals surface area (Å²) in [5.41, 5.74) is 2.63. The molecular weight excluding hydrogens is 188 g/mol. The minimum atomic E-state index is 1.00. The van der Waals surface area contributed by atoms with Crippen molar-refractivity contribution in [1.29, 1.82) is 0 Å². The van der Waals surface area contributed by atoms with E-state index in [1.165, 1.54) is 11.3 Å². The van der Waals surface area contributed by atoms with Crippen LogP contribution in [0.25, 0.3) is 0 Å². The van der Waals surface area contributed by atoms with Crippen molar-refractivity contribution in [1.82, 2.24) is 15.1 Å². The van der Waals surface area contributed by atoms with Crippen LogP contribution in [0.2, 0.25) is 0 Å². The lowest BCUT2D eigenvalue weighted by Crippen LogP contribution is -2.34. The molecule has 1 aliphatic heterocycles. The quantitative estimate of drug-likeness (QED) is 0.699. The van der Waals surface area contributed by atoms with E-state index < -0.39 is 0 Å². The van der Waals surface area contributed by atoms with Gasteiger partial charge in [0.25, 0.3) is 0 Å². The number of hydrogen-bond acceptors (Lipinski definition) is 3. The topological polar surface area (TPSA) is 34.0 Å². The Morgan fingerprint density at radius 3 is 3.00 bits per heavy atom. The zero-order valence-electron chi connectivity index (χ0n) is 8.37. The second kappa shape index (κ2) is 3.38. The van der Waals surface area contributed by atoms with Crippen LogP contribution in [0.1, 0.15) is 12.0 Å². The predicted molar refractivity (Wildman–Crippen MR) is 57.5 cm³/mol. The van der Waals surface area contributed by atoms with E-state index in [0.29, 0.717) is 0 Å². The van der Waals surface area contributed by atoms with E-state index in [0.717, 1.165) is 19.4 Å². The highest BCUT2D eigenvalue weighted by Gasteiger charge is 2.17. The van der Waals surface area contributed by atoms with Gasteiger partial charge in [0.2, 0.25) is 0 Å². The Balaban J connectivity index is 2.06. The van der Waals surface area contributed by atoms with Gasteiger partial charge in [-0.25, -0.2) is 0 Å². The second-order valence-electron chi connectivity index (χ2n) is 3.68. The Morgan fingerprint density at radius 2 is 2.13 bits per heavy atom. The van der Waals surface area contributed by atoms with Crippen molar-refractivity contribution in [2.45, 2.75) is 12.8 Å². The van der Waals surface area contributed by atoms with Gasteiger partial charge in [-0.15, -0.1) is 5.10 Å². The molecule has 0 radical (unpaired) electrons. The van der Waals surface area contributed by atoms with Gasteiger partial charge in [-0.3, -0.25) is 5.01 Å². The maximum atomic E-state index is 4.03. The van der Waals surface area contributed by atoms with E-state index in [9.17, 15) is 0 Å². The molecule has 0 N–H and O–H groups in total. The maximum absolute atomic E-state index is 4.03. The fourth-order valence-electron chi connectivity index (χ4n) is 2.06. The Kier molecular flexibility index (Phi) is 1.91. The Morgan fingerprint density at radius 1 is 1.20 bits per heavy atom. The summed E-state index contributed by atoms with van der Waals surface area (Å²) in [4.78, 5) is 1.80. The zero-order chi connectivity index (χ0) is 10.1. The maximum Gasteiger partial charge on any atom is 0.0715 e. The Labute approximate surface area is 88.1 Å². The van der Waals surface area contributed by atoms with Crippen LogP contribution in [0.15, 0.2) is 36.7 Å². The van der Waals surface area contributed by atoms with Crippen LogP contribution in [-0.2, 0) is 6.42 Å². The monoisotopic (exact) mass is 200 g/mol. The fourth-order valence-corrected chi connectivity index (χ4v) is 2.06. The third kappa shape index (κ3) is 1.38. The van der Waals surface area contributed by atoms with Crippen molar-refractivity contribution in [3.63, 3.8) is 0 Å². The molecule has 2 aromatic rings. The van der Waals surface area contributed by atoms with E-state index in [1.54, 1.807) is 11.0 Å². The van der Waals surface area contributed by atoms with Gasteiger partial charge in [-0.1, -0.05) is 18.2 Å². The average molecular weight is 200 g/mol. The highest BCUT2D eigenvalue weighted by Crippen LogP contribution is 2.26. The van der Waals surface area contributed by atoms with E-state index in [-0.39, 0.29) is 0 Å². The van der Waals surface area contributed by atoms with Gasteiger partial charge < -0.3 is 0 Å². The van der Waals surface area contributed by atoms with E-state index >= 15 is 0 Å². The van der Waals surface area contributed by atoms with E-state index in [4.69, 9.17) is 0 Å². The number of hydrogen-bond donors (Lipinski definition) is 0. The summed E-state index contributed by atoms with van der Waals surface area (Å²) in [7, 11) is 0. The number of nitrogens with zero attached hydrogens (tertiary/aromatic N) is 4. The molecule has 0 spiro atoms. The molecule has 1 aromatic carbocycles. The largest absolute Gasteiger partial charge is 0.264 e. The van der Waals surface area contributed by atoms with Crippen molar-refractivity contribution >= 4 is 5.69 Å². The Hall–Kier alpha value is -1.84. The molecular formula is C11H12N4. The lowest BCUT2D eigenvalue weighted by atomic mass is 10.0. The summed E-state index contributed by atoms with van der Waals surface area (Å²) in [5, 5.41) is 10.0. The molecule has 76 valence electrons. The molecule has 4 heteroatoms. The summed E-state index contributed by atoms with van der Waals surface area (Å²) in [6.45, 7) is 1.00. The number of para-hydroxylation sites is 1. The first-order valence-corrected chi connectivity index (χ1v) is 5.17. The number of benzene rings is 1. The summed E-state index contributed by atoms with van der Waals surface area (Å²) >= 11 is 0. The standard InChI is InChI=1S/C11H12N4/c1-2-6-11-10(4-1)5-3-8-14(11)15-9-7-12-13-15/h1-2,4,6-7,9H,3,5,8H2. The van der Waals surface area contributed by atoms with Gasteiger partial charge in [0.05, 0.1) is 18.1 Å². The van der Waals surface area contributed by atoms with Crippen LogP contribution in [0.5, 0.6) is 0 Å². The second-order valence-corrected chi connectivity index (χ2v) is 3.68. The first-order valence-electron chi connectivity index (χ1n) is 5.17. The van der Waals surface area contributed by atoms with Crippen LogP contribution in [0, 0.1) is 0 Å². The van der Waals surface area contributed by atoms with Crippen LogP contribution in [0.4, 0.5) is 5.69 Å². The predicted octanol–water partition coefficient (Wildman–Crippen LogP) is 1.49. The van der Waals surface area contributed by atoms with E-state index in [1.807, 2.05) is 6.20 Å². The van der Waals surface area contributed by atoms with Crippen LogP contribution < -0.4 is 5.01 Å². The molecule has 0 atom stereocenters. The normalized spacial score (nSPS) is 15.1. The number of rotatable bonds is 1. The van der Waals surface area contributed by atoms with Gasteiger partial charge in [-0.05, 0) is 29.7 Å². The van der Waals surface area contributed by atoms with Crippen molar-refractivity contribution in [2.75, 3.05) is 11.6 Å². The molecule has 3 rings (SSSR count). The van der Waals surface area contributed by atoms with Crippen LogP contribution in [-0.4, -0.2) is 21.6 Å². The number of aromatic nitrogens is 3. The number of fused-ring (bicyclic) bond motifs is 1. The minimum Gasteiger partial charge on any atom is -0.264 e. The molecule has 0 saturated carbocycles. The third-order valence-corrected chi connectivity index (χ3v) is 2.74. The molecule has 2 heterocycles. The molecule has 0 unspecified atom stereocenters. The molecule has 1 aliphatic rings. The first kappa shape index (κ1) is 8.47. The van der Waals surface area contributed by atoms with Crippen molar-refractivity contribution in [3.05, 3.63) is 42.2 Å².